The first-order chi connectivity index (χ1) is 14.8. The van der Waals surface area contributed by atoms with E-state index in [1.54, 1.807) is 0 Å². The molecule has 3 unspecified atom stereocenters. The quantitative estimate of drug-likeness (QED) is 0.528. The Bertz CT molecular complexity index is 798. The molecule has 1 fully saturated rings. The van der Waals surface area contributed by atoms with Crippen molar-refractivity contribution in [2.45, 2.75) is 63.3 Å². The molecule has 0 aliphatic carbocycles. The van der Waals surface area contributed by atoms with E-state index in [0.29, 0.717) is 6.61 Å². The van der Waals surface area contributed by atoms with Gasteiger partial charge < -0.3 is 19.6 Å². The van der Waals surface area contributed by atoms with E-state index in [1.165, 1.54) is 17.5 Å². The maximum atomic E-state index is 11.7. The first kappa shape index (κ1) is 23.7. The lowest BCUT2D eigenvalue weighted by Gasteiger charge is -2.44. The molecule has 31 heavy (non-hydrogen) atoms. The number of methoxy groups -OCH3 is 1. The number of nitrogens with two attached hydrogens (primary N) is 1. The Kier molecular flexibility index (Phi) is 7.70. The van der Waals surface area contributed by atoms with Crippen molar-refractivity contribution in [1.29, 1.82) is 0 Å². The van der Waals surface area contributed by atoms with Gasteiger partial charge in [0, 0.05) is 6.04 Å². The van der Waals surface area contributed by atoms with E-state index in [-0.39, 0.29) is 35.7 Å². The second-order valence-electron chi connectivity index (χ2n) is 9.29. The van der Waals surface area contributed by atoms with Crippen LogP contribution in [0.4, 0.5) is 0 Å². The van der Waals surface area contributed by atoms with Gasteiger partial charge in [-0.15, -0.1) is 0 Å². The van der Waals surface area contributed by atoms with Gasteiger partial charge in [-0.2, -0.15) is 0 Å². The van der Waals surface area contributed by atoms with Crippen LogP contribution in [0.2, 0.25) is 5.04 Å². The van der Waals surface area contributed by atoms with Gasteiger partial charge in [-0.3, -0.25) is 4.79 Å². The maximum absolute atomic E-state index is 11.7. The maximum Gasteiger partial charge on any atom is 0.308 e. The summed E-state index contributed by atoms with van der Waals surface area (Å²) in [5.41, 5.74) is 6.41. The van der Waals surface area contributed by atoms with E-state index in [4.69, 9.17) is 19.6 Å². The fraction of sp³-hybridized carbons (Fsp3) is 0.480. The van der Waals surface area contributed by atoms with Crippen LogP contribution < -0.4 is 16.1 Å². The molecule has 0 radical (unpaired) electrons. The minimum atomic E-state index is -2.65. The average molecular weight is 442 g/mol. The van der Waals surface area contributed by atoms with Crippen LogP contribution >= 0.6 is 0 Å². The Balaban J connectivity index is 1.91. The van der Waals surface area contributed by atoms with Crippen LogP contribution in [0, 0.1) is 0 Å². The smallest absolute Gasteiger partial charge is 0.308 e. The van der Waals surface area contributed by atoms with Crippen molar-refractivity contribution in [3.63, 3.8) is 0 Å². The van der Waals surface area contributed by atoms with Crippen LogP contribution in [0.5, 0.6) is 0 Å². The minimum Gasteiger partial charge on any atom is -0.469 e. The molecule has 1 aliphatic heterocycles. The third-order valence-electron chi connectivity index (χ3n) is 6.17. The Morgan fingerprint density at radius 1 is 1.03 bits per heavy atom. The van der Waals surface area contributed by atoms with Crippen LogP contribution in [0.3, 0.4) is 0 Å². The first-order valence-corrected chi connectivity index (χ1v) is 12.9. The third-order valence-corrected chi connectivity index (χ3v) is 11.2. The average Bonchev–Trinajstić information content (AvgIpc) is 2.76. The van der Waals surface area contributed by atoms with Gasteiger partial charge in [0.2, 0.25) is 0 Å². The molecule has 2 aromatic carbocycles. The van der Waals surface area contributed by atoms with Gasteiger partial charge >= 0.3 is 5.97 Å². The van der Waals surface area contributed by atoms with E-state index in [9.17, 15) is 4.79 Å². The summed E-state index contributed by atoms with van der Waals surface area (Å²) in [4.78, 5) is 11.7. The number of rotatable bonds is 7. The fourth-order valence-corrected chi connectivity index (χ4v) is 9.10. The van der Waals surface area contributed by atoms with Crippen molar-refractivity contribution in [3.05, 3.63) is 60.7 Å². The summed E-state index contributed by atoms with van der Waals surface area (Å²) < 4.78 is 18.0. The largest absolute Gasteiger partial charge is 0.469 e. The summed E-state index contributed by atoms with van der Waals surface area (Å²) in [6.07, 6.45) is 1.37. The molecule has 0 aromatic heterocycles. The van der Waals surface area contributed by atoms with Gasteiger partial charge in [0.1, 0.15) is 0 Å². The number of benzene rings is 2. The zero-order valence-electron chi connectivity index (χ0n) is 19.0. The topological polar surface area (TPSA) is 70.8 Å². The summed E-state index contributed by atoms with van der Waals surface area (Å²) in [7, 11) is -1.25. The molecule has 1 saturated heterocycles. The summed E-state index contributed by atoms with van der Waals surface area (Å²) in [5, 5.41) is 2.34. The van der Waals surface area contributed by atoms with Crippen molar-refractivity contribution < 1.29 is 18.7 Å². The predicted octanol–water partition coefficient (Wildman–Crippen LogP) is 3.00. The van der Waals surface area contributed by atoms with E-state index < -0.39 is 8.32 Å². The summed E-state index contributed by atoms with van der Waals surface area (Å²) in [6.45, 7) is 7.15. The highest BCUT2D eigenvalue weighted by atomic mass is 28.4. The molecule has 0 bridgehead atoms. The number of esters is 1. The van der Waals surface area contributed by atoms with Crippen molar-refractivity contribution in [2.75, 3.05) is 13.7 Å². The normalized spacial score (nSPS) is 22.2. The highest BCUT2D eigenvalue weighted by molar-refractivity contribution is 6.99. The Morgan fingerprint density at radius 2 is 1.58 bits per heavy atom. The standard InChI is InChI=1S/C25H35NO4Si/c1-25(2,3)31(20-11-7-5-8-12-20,21-13-9-6-10-14-21)29-18-23-22(26)16-15-19(30-23)17-24(27)28-4/h5-14,19,22-23H,15-18,26H2,1-4H3. The molecule has 3 atom stereocenters. The van der Waals surface area contributed by atoms with Crippen LogP contribution in [-0.4, -0.2) is 46.3 Å². The van der Waals surface area contributed by atoms with Crippen molar-refractivity contribution in [2.24, 2.45) is 5.73 Å². The molecular formula is C25H35NO4Si. The monoisotopic (exact) mass is 441 g/mol. The van der Waals surface area contributed by atoms with E-state index in [2.05, 4.69) is 69.3 Å². The number of carbonyl (C=O) groups is 1. The lowest BCUT2D eigenvalue weighted by Crippen LogP contribution is -2.67. The Labute approximate surface area is 187 Å². The first-order valence-electron chi connectivity index (χ1n) is 11.0. The molecule has 2 N–H and O–H groups in total. The third kappa shape index (κ3) is 5.26. The molecule has 6 heteroatoms. The predicted molar refractivity (Wildman–Crippen MR) is 126 cm³/mol. The highest BCUT2D eigenvalue weighted by Crippen LogP contribution is 2.37. The number of hydrogen-bond donors (Lipinski definition) is 1. The summed E-state index contributed by atoms with van der Waals surface area (Å²) in [6, 6.07) is 20.9. The molecule has 1 aliphatic rings. The molecule has 5 nitrogen and oxygen atoms in total. The fourth-order valence-electron chi connectivity index (χ4n) is 4.53. The summed E-state index contributed by atoms with van der Waals surface area (Å²) >= 11 is 0. The zero-order valence-corrected chi connectivity index (χ0v) is 20.0. The molecular weight excluding hydrogens is 406 g/mol. The Hall–Kier alpha value is -1.99. The second kappa shape index (κ2) is 10.1. The van der Waals surface area contributed by atoms with Gasteiger partial charge in [-0.25, -0.2) is 0 Å². The number of hydrogen-bond acceptors (Lipinski definition) is 5. The van der Waals surface area contributed by atoms with Crippen molar-refractivity contribution in [1.82, 2.24) is 0 Å². The van der Waals surface area contributed by atoms with Crippen LogP contribution in [0.1, 0.15) is 40.0 Å². The molecule has 3 rings (SSSR count). The molecule has 0 spiro atoms. The number of carbonyl (C=O) groups excluding carboxylic acids is 1. The van der Waals surface area contributed by atoms with Gasteiger partial charge in [0.25, 0.3) is 8.32 Å². The lowest BCUT2D eigenvalue weighted by atomic mass is 9.98. The van der Waals surface area contributed by atoms with Gasteiger partial charge in [-0.05, 0) is 28.3 Å². The van der Waals surface area contributed by atoms with Crippen LogP contribution in [0.15, 0.2) is 60.7 Å². The lowest BCUT2D eigenvalue weighted by molar-refractivity contribution is -0.148. The summed E-state index contributed by atoms with van der Waals surface area (Å²) in [5.74, 6) is -0.257. The minimum absolute atomic E-state index is 0.111. The van der Waals surface area contributed by atoms with E-state index >= 15 is 0 Å². The molecule has 168 valence electrons. The van der Waals surface area contributed by atoms with E-state index in [1.807, 2.05) is 12.1 Å². The van der Waals surface area contributed by atoms with Crippen molar-refractivity contribution in [3.8, 4) is 0 Å². The van der Waals surface area contributed by atoms with Crippen LogP contribution in [-0.2, 0) is 18.7 Å². The van der Waals surface area contributed by atoms with Gasteiger partial charge in [0.15, 0.2) is 0 Å². The van der Waals surface area contributed by atoms with Crippen molar-refractivity contribution >= 4 is 24.7 Å². The Morgan fingerprint density at radius 3 is 2.06 bits per heavy atom. The highest BCUT2D eigenvalue weighted by Gasteiger charge is 2.50. The second-order valence-corrected chi connectivity index (χ2v) is 13.6. The SMILES string of the molecule is COC(=O)CC1CCC(N)C(CO[Si](c2ccccc2)(c2ccccc2)C(C)(C)C)O1. The zero-order chi connectivity index (χ0) is 22.5. The molecule has 0 amide bonds. The van der Waals surface area contributed by atoms with Gasteiger partial charge in [-0.1, -0.05) is 81.4 Å². The van der Waals surface area contributed by atoms with Crippen LogP contribution in [0.25, 0.3) is 0 Å². The molecule has 1 heterocycles. The molecule has 0 saturated carbocycles. The van der Waals surface area contributed by atoms with Gasteiger partial charge in [0.05, 0.1) is 32.3 Å². The number of ether oxygens (including phenoxy) is 2. The van der Waals surface area contributed by atoms with E-state index in [0.717, 1.165) is 12.8 Å². The molecule has 2 aromatic rings.